The van der Waals surface area contributed by atoms with Crippen molar-refractivity contribution >= 4 is 0 Å². The Labute approximate surface area is 67.8 Å². The van der Waals surface area contributed by atoms with Crippen LogP contribution >= 0.6 is 0 Å². The van der Waals surface area contributed by atoms with Crippen molar-refractivity contribution in [2.45, 2.75) is 13.3 Å². The van der Waals surface area contributed by atoms with Gasteiger partial charge in [0.05, 0.1) is 0 Å². The third kappa shape index (κ3) is 2.46. The molecule has 0 aromatic carbocycles. The second-order valence-corrected chi connectivity index (χ2v) is 2.54. The van der Waals surface area contributed by atoms with Crippen LogP contribution in [-0.2, 0) is 0 Å². The first kappa shape index (κ1) is 7.86. The van der Waals surface area contributed by atoms with E-state index in [4.69, 9.17) is 0 Å². The zero-order valence-corrected chi connectivity index (χ0v) is 6.80. The molecule has 0 saturated heterocycles. The van der Waals surface area contributed by atoms with Crippen LogP contribution in [0.25, 0.3) is 0 Å². The molecule has 0 amide bonds. The summed E-state index contributed by atoms with van der Waals surface area (Å²) in [5.74, 6) is 0. The minimum Gasteiger partial charge on any atom is -0.362 e. The minimum atomic E-state index is 0.966. The van der Waals surface area contributed by atoms with E-state index in [0.717, 1.165) is 12.1 Å². The van der Waals surface area contributed by atoms with Gasteiger partial charge in [0, 0.05) is 5.70 Å². The summed E-state index contributed by atoms with van der Waals surface area (Å²) in [6.45, 7) is 5.91. The normalized spacial score (nSPS) is 23.7. The van der Waals surface area contributed by atoms with Gasteiger partial charge in [-0.05, 0) is 25.1 Å². The number of hydrogen-bond donors (Lipinski definition) is 1. The fourth-order valence-electron chi connectivity index (χ4n) is 0.812. The lowest BCUT2D eigenvalue weighted by molar-refractivity contribution is 1.07. The Bertz CT molecular complexity index is 231. The molecule has 1 nitrogen and oxygen atoms in total. The van der Waals surface area contributed by atoms with Crippen LogP contribution in [-0.4, -0.2) is 0 Å². The first-order valence-corrected chi connectivity index (χ1v) is 3.75. The average Bonchev–Trinajstić information content (AvgIpc) is 2.07. The lowest BCUT2D eigenvalue weighted by Crippen LogP contribution is -2.03. The molecule has 1 N–H and O–H groups in total. The number of allylic oxidation sites excluding steroid dienone is 5. The molecule has 11 heavy (non-hydrogen) atoms. The monoisotopic (exact) mass is 147 g/mol. The number of hydrogen-bond acceptors (Lipinski definition) is 1. The first-order valence-electron chi connectivity index (χ1n) is 3.75. The Morgan fingerprint density at radius 1 is 1.45 bits per heavy atom. The zero-order chi connectivity index (χ0) is 8.10. The van der Waals surface area contributed by atoms with Gasteiger partial charge in [0.1, 0.15) is 0 Å². The lowest BCUT2D eigenvalue weighted by Gasteiger charge is -2.03. The Kier molecular flexibility index (Phi) is 2.73. The standard InChI is InChI=1S/C10H13N/c1-9-7-5-3-4-6-8-11-10(9)2/h3,5-8,11H,2,4H2,1H3/b5-3-,8-6-,9-7?. The van der Waals surface area contributed by atoms with Crippen LogP contribution in [0.15, 0.2) is 48.4 Å². The molecule has 0 spiro atoms. The van der Waals surface area contributed by atoms with Crippen LogP contribution in [0.2, 0.25) is 0 Å². The van der Waals surface area contributed by atoms with Crippen molar-refractivity contribution in [2.24, 2.45) is 0 Å². The predicted molar refractivity (Wildman–Crippen MR) is 48.9 cm³/mol. The highest BCUT2D eigenvalue weighted by Gasteiger charge is 1.91. The molecule has 1 heteroatoms. The molecule has 1 aliphatic rings. The molecule has 1 aliphatic heterocycles. The molecule has 0 aromatic heterocycles. The van der Waals surface area contributed by atoms with Gasteiger partial charge in [0.2, 0.25) is 0 Å². The SMILES string of the molecule is C=C1N/C=C\C/C=C\C=C1C. The number of rotatable bonds is 0. The molecule has 1 heterocycles. The molecule has 0 radical (unpaired) electrons. The van der Waals surface area contributed by atoms with Crippen molar-refractivity contribution in [3.8, 4) is 0 Å². The lowest BCUT2D eigenvalue weighted by atomic mass is 10.2. The van der Waals surface area contributed by atoms with Crippen LogP contribution in [0, 0.1) is 0 Å². The van der Waals surface area contributed by atoms with Gasteiger partial charge in [-0.15, -0.1) is 0 Å². The molecule has 0 aliphatic carbocycles. The largest absolute Gasteiger partial charge is 0.362 e. The second-order valence-electron chi connectivity index (χ2n) is 2.54. The summed E-state index contributed by atoms with van der Waals surface area (Å²) in [4.78, 5) is 0. The van der Waals surface area contributed by atoms with E-state index in [-0.39, 0.29) is 0 Å². The Balaban J connectivity index is 2.77. The van der Waals surface area contributed by atoms with Crippen molar-refractivity contribution < 1.29 is 0 Å². The highest BCUT2D eigenvalue weighted by molar-refractivity contribution is 5.30. The third-order valence-corrected chi connectivity index (χ3v) is 1.61. The number of nitrogens with one attached hydrogen (secondary N) is 1. The summed E-state index contributed by atoms with van der Waals surface area (Å²) in [6, 6.07) is 0. The van der Waals surface area contributed by atoms with Crippen LogP contribution in [0.1, 0.15) is 13.3 Å². The average molecular weight is 147 g/mol. The van der Waals surface area contributed by atoms with E-state index in [9.17, 15) is 0 Å². The molecular formula is C10H13N. The maximum absolute atomic E-state index is 3.87. The van der Waals surface area contributed by atoms with Crippen molar-refractivity contribution in [3.05, 3.63) is 48.4 Å². The molecule has 0 atom stereocenters. The smallest absolute Gasteiger partial charge is 0.0336 e. The van der Waals surface area contributed by atoms with Gasteiger partial charge < -0.3 is 5.32 Å². The van der Waals surface area contributed by atoms with Gasteiger partial charge in [-0.25, -0.2) is 0 Å². The third-order valence-electron chi connectivity index (χ3n) is 1.61. The summed E-state index contributed by atoms with van der Waals surface area (Å²) >= 11 is 0. The highest BCUT2D eigenvalue weighted by atomic mass is 14.8. The summed E-state index contributed by atoms with van der Waals surface area (Å²) in [5.41, 5.74) is 2.14. The van der Waals surface area contributed by atoms with Crippen LogP contribution in [0.4, 0.5) is 0 Å². The van der Waals surface area contributed by atoms with E-state index in [1.54, 1.807) is 0 Å². The predicted octanol–water partition coefficient (Wildman–Crippen LogP) is 2.51. The van der Waals surface area contributed by atoms with Gasteiger partial charge in [0.15, 0.2) is 0 Å². The second kappa shape index (κ2) is 3.81. The van der Waals surface area contributed by atoms with Crippen molar-refractivity contribution in [1.29, 1.82) is 0 Å². The fraction of sp³-hybridized carbons (Fsp3) is 0.200. The molecular weight excluding hydrogens is 134 g/mol. The maximum Gasteiger partial charge on any atom is 0.0336 e. The molecule has 1 rings (SSSR count). The van der Waals surface area contributed by atoms with E-state index in [1.165, 1.54) is 5.57 Å². The van der Waals surface area contributed by atoms with E-state index in [1.807, 2.05) is 13.1 Å². The quantitative estimate of drug-likeness (QED) is 0.555. The Morgan fingerprint density at radius 3 is 3.09 bits per heavy atom. The van der Waals surface area contributed by atoms with Crippen LogP contribution in [0.5, 0.6) is 0 Å². The van der Waals surface area contributed by atoms with E-state index in [2.05, 4.69) is 36.2 Å². The van der Waals surface area contributed by atoms with Crippen molar-refractivity contribution in [1.82, 2.24) is 5.32 Å². The molecule has 0 unspecified atom stereocenters. The first-order chi connectivity index (χ1) is 5.30. The summed E-state index contributed by atoms with van der Waals surface area (Å²) in [7, 11) is 0. The van der Waals surface area contributed by atoms with Crippen LogP contribution in [0.3, 0.4) is 0 Å². The van der Waals surface area contributed by atoms with Crippen LogP contribution < -0.4 is 5.32 Å². The van der Waals surface area contributed by atoms with Crippen molar-refractivity contribution in [3.63, 3.8) is 0 Å². The van der Waals surface area contributed by atoms with Crippen molar-refractivity contribution in [2.75, 3.05) is 0 Å². The van der Waals surface area contributed by atoms with Gasteiger partial charge >= 0.3 is 0 Å². The van der Waals surface area contributed by atoms with Gasteiger partial charge in [-0.1, -0.05) is 30.9 Å². The van der Waals surface area contributed by atoms with Gasteiger partial charge in [-0.2, -0.15) is 0 Å². The van der Waals surface area contributed by atoms with E-state index in [0.29, 0.717) is 0 Å². The van der Waals surface area contributed by atoms with Gasteiger partial charge in [-0.3, -0.25) is 0 Å². The maximum atomic E-state index is 3.87. The van der Waals surface area contributed by atoms with E-state index < -0.39 is 0 Å². The van der Waals surface area contributed by atoms with E-state index >= 15 is 0 Å². The molecule has 0 fully saturated rings. The summed E-state index contributed by atoms with van der Waals surface area (Å²) in [5, 5.41) is 3.09. The minimum absolute atomic E-state index is 0.966. The molecule has 0 saturated carbocycles. The summed E-state index contributed by atoms with van der Waals surface area (Å²) in [6.07, 6.45) is 11.2. The Morgan fingerprint density at radius 2 is 2.27 bits per heavy atom. The fourth-order valence-corrected chi connectivity index (χ4v) is 0.812. The van der Waals surface area contributed by atoms with Gasteiger partial charge in [0.25, 0.3) is 0 Å². The molecule has 0 aromatic rings. The topological polar surface area (TPSA) is 12.0 Å². The molecule has 0 bridgehead atoms. The molecule has 58 valence electrons. The highest BCUT2D eigenvalue weighted by Crippen LogP contribution is 2.04. The zero-order valence-electron chi connectivity index (χ0n) is 6.80. The Hall–Kier alpha value is -1.24. The summed E-state index contributed by atoms with van der Waals surface area (Å²) < 4.78 is 0.